The van der Waals surface area contributed by atoms with Gasteiger partial charge < -0.3 is 15.4 Å². The van der Waals surface area contributed by atoms with Gasteiger partial charge in [0, 0.05) is 26.1 Å². The third-order valence-electron chi connectivity index (χ3n) is 4.94. The minimum atomic E-state index is -4.57. The predicted molar refractivity (Wildman–Crippen MR) is 145 cm³/mol. The molecule has 2 aromatic heterocycles. The molecule has 0 spiro atoms. The van der Waals surface area contributed by atoms with Gasteiger partial charge in [0.2, 0.25) is 5.92 Å². The summed E-state index contributed by atoms with van der Waals surface area (Å²) in [5.74, 6) is -2.37. The summed E-state index contributed by atoms with van der Waals surface area (Å²) in [5.41, 5.74) is -0.925. The smallest absolute Gasteiger partial charge is 0.373 e. The Balaban J connectivity index is 0.000000784. The van der Waals surface area contributed by atoms with Gasteiger partial charge in [-0.25, -0.2) is 18.3 Å². The number of hydrogen-bond donors (Lipinski definition) is 2. The van der Waals surface area contributed by atoms with Crippen LogP contribution in [0.2, 0.25) is 0 Å². The molecule has 40 heavy (non-hydrogen) atoms. The van der Waals surface area contributed by atoms with Crippen molar-refractivity contribution in [1.82, 2.24) is 14.6 Å². The van der Waals surface area contributed by atoms with Crippen molar-refractivity contribution < 1.29 is 35.9 Å². The van der Waals surface area contributed by atoms with Crippen molar-refractivity contribution >= 4 is 28.8 Å². The molecule has 3 aromatic rings. The first kappa shape index (κ1) is 36.4. The van der Waals surface area contributed by atoms with E-state index < -0.39 is 23.6 Å². The van der Waals surface area contributed by atoms with Crippen molar-refractivity contribution in [2.45, 2.75) is 71.9 Å². The van der Waals surface area contributed by atoms with Gasteiger partial charge in [-0.1, -0.05) is 32.4 Å². The normalized spacial score (nSPS) is 13.4. The number of alkyl halides is 6. The number of aromatic nitrogens is 3. The van der Waals surface area contributed by atoms with E-state index >= 15 is 0 Å². The molecule has 0 radical (unpaired) electrons. The fraction of sp³-hybridized carbons (Fsp3) is 0.481. The second-order valence-electron chi connectivity index (χ2n) is 8.21. The van der Waals surface area contributed by atoms with E-state index in [0.29, 0.717) is 25.8 Å². The Kier molecular flexibility index (Phi) is 16.2. The Labute approximate surface area is 230 Å². The van der Waals surface area contributed by atoms with Crippen molar-refractivity contribution in [3.05, 3.63) is 53.9 Å². The molecule has 1 saturated carbocycles. The Bertz CT molecular complexity index is 1170. The van der Waals surface area contributed by atoms with E-state index in [2.05, 4.69) is 20.7 Å². The van der Waals surface area contributed by atoms with E-state index in [-0.39, 0.29) is 35.5 Å². The average Bonchev–Trinajstić information content (AvgIpc) is 3.34. The number of fused-ring (bicyclic) bond motifs is 1. The molecule has 4 rings (SSSR count). The van der Waals surface area contributed by atoms with Crippen LogP contribution in [0.25, 0.3) is 5.65 Å². The summed E-state index contributed by atoms with van der Waals surface area (Å²) in [7, 11) is 2.16. The summed E-state index contributed by atoms with van der Waals surface area (Å²) >= 11 is 0. The lowest BCUT2D eigenvalue weighted by Gasteiger charge is -2.20. The Hall–Kier alpha value is -3.64. The molecule has 13 heteroatoms. The summed E-state index contributed by atoms with van der Waals surface area (Å²) in [6.45, 7) is 7.06. The number of carbonyl (C=O) groups is 2. The minimum Gasteiger partial charge on any atom is -0.373 e. The Morgan fingerprint density at radius 2 is 1.52 bits per heavy atom. The highest BCUT2D eigenvalue weighted by Crippen LogP contribution is 2.35. The number of amides is 1. The van der Waals surface area contributed by atoms with Crippen LogP contribution in [0.15, 0.2) is 42.7 Å². The van der Waals surface area contributed by atoms with Crippen LogP contribution in [-0.4, -0.2) is 46.4 Å². The average molecular weight is 578 g/mol. The maximum Gasteiger partial charge on any atom is 0.418 e. The first-order valence-electron chi connectivity index (χ1n) is 12.6. The molecule has 0 unspecified atom stereocenters. The maximum atomic E-state index is 13.0. The zero-order chi connectivity index (χ0) is 30.9. The zero-order valence-electron chi connectivity index (χ0n) is 23.5. The number of halogens is 6. The van der Waals surface area contributed by atoms with Gasteiger partial charge in [-0.05, 0) is 44.9 Å². The standard InChI is InChI=1S/C15H12F3N5O.C6H10F2.C3H6O.C2H6.CH3F/c1-19-12-6-7-23-13(22-12)9(8-20-23)14(24)21-11-5-3-2-4-10(11)15(16,17)18;7-6(8)4-2-1-3-5-6;1-3(2)4;2*1-2/h2-8H,1H3,(H,19,22)(H,21,24);1-5H2;1-2H3;1-2H3;1H3. The number of benzene rings is 1. The van der Waals surface area contributed by atoms with E-state index in [1.54, 1.807) is 19.3 Å². The molecule has 1 aromatic carbocycles. The third kappa shape index (κ3) is 12.5. The van der Waals surface area contributed by atoms with Gasteiger partial charge in [-0.2, -0.15) is 18.3 Å². The molecule has 1 fully saturated rings. The number of carbonyl (C=O) groups excluding carboxylic acids is 2. The number of ketones is 1. The quantitative estimate of drug-likeness (QED) is 0.310. The molecular formula is C27H37F6N5O2. The van der Waals surface area contributed by atoms with E-state index in [4.69, 9.17) is 0 Å². The summed E-state index contributed by atoms with van der Waals surface area (Å²) < 4.78 is 74.3. The van der Waals surface area contributed by atoms with Gasteiger partial charge in [0.25, 0.3) is 5.91 Å². The van der Waals surface area contributed by atoms with Gasteiger partial charge in [0.15, 0.2) is 5.65 Å². The van der Waals surface area contributed by atoms with Crippen LogP contribution >= 0.6 is 0 Å². The molecular weight excluding hydrogens is 540 g/mol. The molecule has 0 bridgehead atoms. The van der Waals surface area contributed by atoms with Crippen LogP contribution in [0, 0.1) is 0 Å². The summed E-state index contributed by atoms with van der Waals surface area (Å²) in [5, 5.41) is 9.07. The highest BCUT2D eigenvalue weighted by atomic mass is 19.4. The number of nitrogens with zero attached hydrogens (tertiary/aromatic N) is 3. The summed E-state index contributed by atoms with van der Waals surface area (Å²) in [6.07, 6.45) is 0.944. The van der Waals surface area contributed by atoms with E-state index in [1.807, 2.05) is 13.8 Å². The molecule has 0 saturated heterocycles. The second kappa shape index (κ2) is 17.9. The monoisotopic (exact) mass is 577 g/mol. The third-order valence-corrected chi connectivity index (χ3v) is 4.94. The van der Waals surface area contributed by atoms with Gasteiger partial charge in [0.05, 0.1) is 24.6 Å². The molecule has 1 amide bonds. The number of Topliss-reactive ketones (excluding diaryl/α,β-unsaturated/α-hetero) is 1. The van der Waals surface area contributed by atoms with E-state index in [1.165, 1.54) is 42.8 Å². The number of hydrogen-bond acceptors (Lipinski definition) is 5. The number of rotatable bonds is 3. The van der Waals surface area contributed by atoms with Gasteiger partial charge in [0.1, 0.15) is 17.2 Å². The van der Waals surface area contributed by atoms with Crippen LogP contribution in [0.4, 0.5) is 37.8 Å². The molecule has 1 aliphatic carbocycles. The highest BCUT2D eigenvalue weighted by molar-refractivity contribution is 6.08. The van der Waals surface area contributed by atoms with Crippen LogP contribution in [0.5, 0.6) is 0 Å². The summed E-state index contributed by atoms with van der Waals surface area (Å²) in [4.78, 5) is 26.0. The fourth-order valence-electron chi connectivity index (χ4n) is 3.27. The number of para-hydroxylation sites is 1. The second-order valence-corrected chi connectivity index (χ2v) is 8.21. The Morgan fingerprint density at radius 1 is 0.975 bits per heavy atom. The van der Waals surface area contributed by atoms with Crippen LogP contribution in [0.1, 0.15) is 75.7 Å². The molecule has 7 nitrogen and oxygen atoms in total. The zero-order valence-corrected chi connectivity index (χ0v) is 23.5. The highest BCUT2D eigenvalue weighted by Gasteiger charge is 2.34. The van der Waals surface area contributed by atoms with Crippen LogP contribution < -0.4 is 10.6 Å². The van der Waals surface area contributed by atoms with Crippen molar-refractivity contribution in [3.63, 3.8) is 0 Å². The molecule has 0 aliphatic heterocycles. The first-order valence-corrected chi connectivity index (χ1v) is 12.6. The van der Waals surface area contributed by atoms with Crippen molar-refractivity contribution in [3.8, 4) is 0 Å². The maximum absolute atomic E-state index is 13.0. The Morgan fingerprint density at radius 3 is 2.00 bits per heavy atom. The van der Waals surface area contributed by atoms with Crippen molar-refractivity contribution in [2.75, 3.05) is 24.9 Å². The molecule has 224 valence electrons. The predicted octanol–water partition coefficient (Wildman–Crippen LogP) is 7.84. The SMILES string of the molecule is CC.CC(C)=O.CF.CNc1ccn2ncc(C(=O)Nc3ccccc3C(F)(F)F)c2n1.FC1(F)CCCCC1. The lowest BCUT2D eigenvalue weighted by atomic mass is 9.97. The molecule has 0 atom stereocenters. The van der Waals surface area contributed by atoms with Crippen LogP contribution in [-0.2, 0) is 11.0 Å². The number of anilines is 2. The first-order chi connectivity index (χ1) is 18.8. The van der Waals surface area contributed by atoms with Crippen molar-refractivity contribution in [1.29, 1.82) is 0 Å². The van der Waals surface area contributed by atoms with Crippen LogP contribution in [0.3, 0.4) is 0 Å². The molecule has 2 heterocycles. The van der Waals surface area contributed by atoms with Gasteiger partial charge in [-0.3, -0.25) is 9.18 Å². The summed E-state index contributed by atoms with van der Waals surface area (Å²) in [6, 6.07) is 6.43. The minimum absolute atomic E-state index is 0.0732. The van der Waals surface area contributed by atoms with Crippen molar-refractivity contribution in [2.24, 2.45) is 0 Å². The topological polar surface area (TPSA) is 88.4 Å². The van der Waals surface area contributed by atoms with E-state index in [0.717, 1.165) is 12.5 Å². The molecule has 2 N–H and O–H groups in total. The lowest BCUT2D eigenvalue weighted by Crippen LogP contribution is -2.18. The lowest BCUT2D eigenvalue weighted by molar-refractivity contribution is -0.136. The number of nitrogens with one attached hydrogen (secondary N) is 2. The largest absolute Gasteiger partial charge is 0.418 e. The van der Waals surface area contributed by atoms with Gasteiger partial charge in [-0.15, -0.1) is 0 Å². The molecule has 1 aliphatic rings. The fourth-order valence-corrected chi connectivity index (χ4v) is 3.27. The van der Waals surface area contributed by atoms with Gasteiger partial charge >= 0.3 is 6.18 Å². The van der Waals surface area contributed by atoms with E-state index in [9.17, 15) is 35.9 Å².